The smallest absolute Gasteiger partial charge is 0.104 e. The van der Waals surface area contributed by atoms with Crippen LogP contribution in [-0.4, -0.2) is 16.3 Å². The van der Waals surface area contributed by atoms with E-state index in [4.69, 9.17) is 9.51 Å². The van der Waals surface area contributed by atoms with Crippen molar-refractivity contribution in [2.75, 3.05) is 0 Å². The fourth-order valence-corrected chi connectivity index (χ4v) is 8.77. The van der Waals surface area contributed by atoms with Gasteiger partial charge in [0.2, 0.25) is 0 Å². The van der Waals surface area contributed by atoms with Crippen molar-refractivity contribution in [1.29, 1.82) is 0 Å². The van der Waals surface area contributed by atoms with Crippen LogP contribution in [0.4, 0.5) is 0 Å². The van der Waals surface area contributed by atoms with Crippen LogP contribution < -0.4 is 0 Å². The van der Waals surface area contributed by atoms with Crippen molar-refractivity contribution in [2.24, 2.45) is 0 Å². The molecule has 154 valence electrons. The molecular formula is C26H34NOP. The van der Waals surface area contributed by atoms with Crippen LogP contribution >= 0.6 is 8.15 Å². The summed E-state index contributed by atoms with van der Waals surface area (Å²) in [5, 5.41) is 0. The molecule has 0 bridgehead atoms. The standard InChI is InChI=1S/C26H34NOP/c1-4-10-20(11-5-1)24-18-16-21-17-19-25(26(21)27-24)28-29(22-12-6-2-7-13-22)23-14-8-3-9-15-23/h1,4-5,10-11,16,18,22-23,25H,2-3,6-9,12-15,17,19H2. The first-order valence-corrected chi connectivity index (χ1v) is 13.3. The van der Waals surface area contributed by atoms with E-state index in [0.29, 0.717) is 0 Å². The van der Waals surface area contributed by atoms with Gasteiger partial charge in [0.25, 0.3) is 0 Å². The number of benzene rings is 1. The van der Waals surface area contributed by atoms with Crippen molar-refractivity contribution in [1.82, 2.24) is 4.98 Å². The molecule has 2 saturated carbocycles. The first-order chi connectivity index (χ1) is 14.4. The van der Waals surface area contributed by atoms with Crippen LogP contribution in [0.1, 0.15) is 88.0 Å². The highest BCUT2D eigenvalue weighted by Crippen LogP contribution is 2.59. The molecule has 1 aromatic heterocycles. The molecule has 1 aromatic carbocycles. The Labute approximate surface area is 177 Å². The minimum Gasteiger partial charge on any atom is -0.349 e. The van der Waals surface area contributed by atoms with E-state index in [2.05, 4.69) is 42.5 Å². The van der Waals surface area contributed by atoms with Gasteiger partial charge in [-0.3, -0.25) is 0 Å². The summed E-state index contributed by atoms with van der Waals surface area (Å²) < 4.78 is 7.11. The SMILES string of the molecule is c1ccc(-c2ccc3c(n2)C(OP(C2CCCCC2)C2CCCCC2)CC3)cc1. The molecule has 5 rings (SSSR count). The average molecular weight is 408 g/mol. The number of aromatic nitrogens is 1. The Morgan fingerprint density at radius 1 is 0.724 bits per heavy atom. The van der Waals surface area contributed by atoms with E-state index in [1.165, 1.54) is 81.0 Å². The maximum absolute atomic E-state index is 7.11. The molecule has 3 heteroatoms. The van der Waals surface area contributed by atoms with E-state index in [-0.39, 0.29) is 14.3 Å². The molecule has 0 saturated heterocycles. The van der Waals surface area contributed by atoms with E-state index < -0.39 is 0 Å². The highest BCUT2D eigenvalue weighted by atomic mass is 31.1. The van der Waals surface area contributed by atoms with E-state index in [1.807, 2.05) is 0 Å². The van der Waals surface area contributed by atoms with Gasteiger partial charge in [-0.25, -0.2) is 4.98 Å². The Morgan fingerprint density at radius 3 is 2.03 bits per heavy atom. The van der Waals surface area contributed by atoms with Crippen LogP contribution in [0, 0.1) is 0 Å². The van der Waals surface area contributed by atoms with Gasteiger partial charge >= 0.3 is 0 Å². The molecule has 29 heavy (non-hydrogen) atoms. The summed E-state index contributed by atoms with van der Waals surface area (Å²) in [7, 11) is -0.336. The van der Waals surface area contributed by atoms with Crippen molar-refractivity contribution >= 4 is 8.15 Å². The lowest BCUT2D eigenvalue weighted by Crippen LogP contribution is -2.22. The average Bonchev–Trinajstić information content (AvgIpc) is 3.21. The van der Waals surface area contributed by atoms with Gasteiger partial charge in [0, 0.05) is 25.0 Å². The summed E-state index contributed by atoms with van der Waals surface area (Å²) in [5.74, 6) is 0. The predicted molar refractivity (Wildman–Crippen MR) is 122 cm³/mol. The summed E-state index contributed by atoms with van der Waals surface area (Å²) in [5.41, 5.74) is 6.64. The molecule has 1 unspecified atom stereocenters. The third-order valence-electron chi connectivity index (χ3n) is 7.18. The fourth-order valence-electron chi connectivity index (χ4n) is 5.58. The molecule has 1 heterocycles. The Bertz CT molecular complexity index is 778. The minimum atomic E-state index is -0.336. The lowest BCUT2D eigenvalue weighted by molar-refractivity contribution is 0.216. The molecule has 1 atom stereocenters. The van der Waals surface area contributed by atoms with Crippen molar-refractivity contribution in [2.45, 2.75) is 94.5 Å². The summed E-state index contributed by atoms with van der Waals surface area (Å²) in [4.78, 5) is 5.13. The monoisotopic (exact) mass is 407 g/mol. The second-order valence-corrected chi connectivity index (χ2v) is 11.6. The molecule has 0 aliphatic heterocycles. The molecule has 3 aliphatic rings. The second-order valence-electron chi connectivity index (χ2n) is 9.18. The number of nitrogens with zero attached hydrogens (tertiary/aromatic N) is 1. The zero-order valence-corrected chi connectivity index (χ0v) is 18.5. The van der Waals surface area contributed by atoms with E-state index >= 15 is 0 Å². The van der Waals surface area contributed by atoms with Gasteiger partial charge in [-0.2, -0.15) is 0 Å². The number of aryl methyl sites for hydroxylation is 1. The van der Waals surface area contributed by atoms with Crippen molar-refractivity contribution < 1.29 is 4.52 Å². The topological polar surface area (TPSA) is 22.1 Å². The number of hydrogen-bond donors (Lipinski definition) is 0. The van der Waals surface area contributed by atoms with Gasteiger partial charge in [0.15, 0.2) is 0 Å². The Balaban J connectivity index is 1.39. The number of fused-ring (bicyclic) bond motifs is 1. The number of pyridine rings is 1. The predicted octanol–water partition coefficient (Wildman–Crippen LogP) is 7.81. The molecule has 0 radical (unpaired) electrons. The van der Waals surface area contributed by atoms with Crippen LogP contribution in [0.5, 0.6) is 0 Å². The Hall–Kier alpha value is -1.24. The third-order valence-corrected chi connectivity index (χ3v) is 10.2. The second kappa shape index (κ2) is 9.27. The number of hydrogen-bond acceptors (Lipinski definition) is 2. The van der Waals surface area contributed by atoms with Crippen LogP contribution in [0.25, 0.3) is 11.3 Å². The van der Waals surface area contributed by atoms with Crippen LogP contribution in [0.15, 0.2) is 42.5 Å². The molecule has 2 aromatic rings. The van der Waals surface area contributed by atoms with Gasteiger partial charge in [0.1, 0.15) is 6.10 Å². The number of rotatable bonds is 5. The normalized spacial score (nSPS) is 23.4. The lowest BCUT2D eigenvalue weighted by Gasteiger charge is -2.38. The first-order valence-electron chi connectivity index (χ1n) is 11.9. The van der Waals surface area contributed by atoms with Crippen molar-refractivity contribution in [3.63, 3.8) is 0 Å². The zero-order chi connectivity index (χ0) is 19.5. The minimum absolute atomic E-state index is 0.226. The molecule has 2 fully saturated rings. The molecular weight excluding hydrogens is 373 g/mol. The van der Waals surface area contributed by atoms with Gasteiger partial charge in [0.05, 0.1) is 11.4 Å². The maximum Gasteiger partial charge on any atom is 0.104 e. The molecule has 2 nitrogen and oxygen atoms in total. The third kappa shape index (κ3) is 4.44. The fraction of sp³-hybridized carbons (Fsp3) is 0.577. The molecule has 0 spiro atoms. The molecule has 0 N–H and O–H groups in total. The summed E-state index contributed by atoms with van der Waals surface area (Å²) in [6.07, 6.45) is 16.6. The maximum atomic E-state index is 7.11. The van der Waals surface area contributed by atoms with Crippen LogP contribution in [0.3, 0.4) is 0 Å². The highest BCUT2D eigenvalue weighted by molar-refractivity contribution is 7.54. The largest absolute Gasteiger partial charge is 0.349 e. The van der Waals surface area contributed by atoms with E-state index in [0.717, 1.165) is 29.9 Å². The van der Waals surface area contributed by atoms with Crippen molar-refractivity contribution in [3.05, 3.63) is 53.7 Å². The first kappa shape index (κ1) is 19.7. The van der Waals surface area contributed by atoms with Gasteiger partial charge in [-0.15, -0.1) is 0 Å². The van der Waals surface area contributed by atoms with Gasteiger partial charge in [-0.05, 0) is 50.2 Å². The van der Waals surface area contributed by atoms with E-state index in [1.54, 1.807) is 0 Å². The van der Waals surface area contributed by atoms with E-state index in [9.17, 15) is 0 Å². The summed E-state index contributed by atoms with van der Waals surface area (Å²) in [6.45, 7) is 0. The highest BCUT2D eigenvalue weighted by Gasteiger charge is 2.36. The summed E-state index contributed by atoms with van der Waals surface area (Å²) in [6, 6.07) is 15.1. The lowest BCUT2D eigenvalue weighted by atomic mass is 10.00. The molecule has 0 amide bonds. The van der Waals surface area contributed by atoms with Gasteiger partial charge < -0.3 is 4.52 Å². The zero-order valence-electron chi connectivity index (χ0n) is 17.6. The van der Waals surface area contributed by atoms with Crippen LogP contribution in [0.2, 0.25) is 0 Å². The summed E-state index contributed by atoms with van der Waals surface area (Å²) >= 11 is 0. The van der Waals surface area contributed by atoms with Crippen molar-refractivity contribution in [3.8, 4) is 11.3 Å². The molecule has 3 aliphatic carbocycles. The Kier molecular flexibility index (Phi) is 6.30. The quantitative estimate of drug-likeness (QED) is 0.471. The van der Waals surface area contributed by atoms with Gasteiger partial charge in [-0.1, -0.05) is 74.9 Å². The Morgan fingerprint density at radius 2 is 1.38 bits per heavy atom. The van der Waals surface area contributed by atoms with Crippen LogP contribution in [-0.2, 0) is 10.9 Å².